The van der Waals surface area contributed by atoms with Gasteiger partial charge in [0.1, 0.15) is 12.4 Å². The van der Waals surface area contributed by atoms with Crippen LogP contribution in [0.2, 0.25) is 0 Å². The number of ether oxygens (including phenoxy) is 1. The van der Waals surface area contributed by atoms with Crippen LogP contribution in [0.4, 0.5) is 0 Å². The molecule has 5 heteroatoms. The summed E-state index contributed by atoms with van der Waals surface area (Å²) in [6.45, 7) is 3.13. The lowest BCUT2D eigenvalue weighted by Gasteiger charge is -1.95. The highest BCUT2D eigenvalue weighted by Gasteiger charge is 2.02. The fraction of sp³-hybridized carbons (Fsp3) is 0.714. The van der Waals surface area contributed by atoms with Crippen LogP contribution in [-0.2, 0) is 6.42 Å². The van der Waals surface area contributed by atoms with Gasteiger partial charge in [-0.05, 0) is 6.42 Å². The predicted octanol–water partition coefficient (Wildman–Crippen LogP) is 0.828. The first-order chi connectivity index (χ1) is 5.86. The van der Waals surface area contributed by atoms with E-state index in [1.54, 1.807) is 0 Å². The van der Waals surface area contributed by atoms with Gasteiger partial charge in [0.15, 0.2) is 0 Å². The van der Waals surface area contributed by atoms with Crippen LogP contribution in [0, 0.1) is 0 Å². The third kappa shape index (κ3) is 2.75. The summed E-state index contributed by atoms with van der Waals surface area (Å²) in [7, 11) is 0. The van der Waals surface area contributed by atoms with Gasteiger partial charge in [-0.15, -0.1) is 0 Å². The van der Waals surface area contributed by atoms with Crippen LogP contribution in [0.3, 0.4) is 0 Å². The molecule has 0 saturated heterocycles. The van der Waals surface area contributed by atoms with E-state index in [2.05, 4.69) is 16.3 Å². The lowest BCUT2D eigenvalue weighted by Crippen LogP contribution is -2.10. The summed E-state index contributed by atoms with van der Waals surface area (Å²) in [6.07, 6.45) is 1.98. The minimum absolute atomic E-state index is 0.515. The van der Waals surface area contributed by atoms with E-state index < -0.39 is 0 Å². The monoisotopic (exact) mass is 187 g/mol. The zero-order chi connectivity index (χ0) is 8.81. The second-order valence-corrected chi connectivity index (χ2v) is 3.08. The molecule has 0 aromatic carbocycles. The van der Waals surface area contributed by atoms with Crippen LogP contribution in [-0.4, -0.2) is 22.5 Å². The first-order valence-electron chi connectivity index (χ1n) is 4.02. The van der Waals surface area contributed by atoms with Crippen LogP contribution >= 0.6 is 11.5 Å². The van der Waals surface area contributed by atoms with Gasteiger partial charge < -0.3 is 10.5 Å². The molecular formula is C7H13N3OS. The maximum Gasteiger partial charge on any atom is 0.293 e. The minimum Gasteiger partial charge on any atom is -0.468 e. The zero-order valence-electron chi connectivity index (χ0n) is 7.12. The quantitative estimate of drug-likeness (QED) is 0.741. The fourth-order valence-corrected chi connectivity index (χ4v) is 1.37. The van der Waals surface area contributed by atoms with Crippen molar-refractivity contribution in [3.05, 3.63) is 5.82 Å². The standard InChI is InChI=1S/C7H13N3OS/c1-2-3-6-9-7(12-10-6)11-5-4-8/h2-5,8H2,1H3. The summed E-state index contributed by atoms with van der Waals surface area (Å²) >= 11 is 1.29. The minimum atomic E-state index is 0.515. The fourth-order valence-electron chi connectivity index (χ4n) is 0.768. The van der Waals surface area contributed by atoms with Crippen LogP contribution in [0.1, 0.15) is 19.2 Å². The van der Waals surface area contributed by atoms with Gasteiger partial charge in [0.2, 0.25) is 0 Å². The average Bonchev–Trinajstić information content (AvgIpc) is 2.50. The molecule has 0 fully saturated rings. The van der Waals surface area contributed by atoms with E-state index in [9.17, 15) is 0 Å². The molecular weight excluding hydrogens is 174 g/mol. The molecule has 12 heavy (non-hydrogen) atoms. The Hall–Kier alpha value is -0.680. The van der Waals surface area contributed by atoms with E-state index in [1.165, 1.54) is 11.5 Å². The molecule has 0 radical (unpaired) electrons. The topological polar surface area (TPSA) is 61.0 Å². The first-order valence-corrected chi connectivity index (χ1v) is 4.79. The number of rotatable bonds is 5. The van der Waals surface area contributed by atoms with Crippen molar-refractivity contribution in [2.75, 3.05) is 13.2 Å². The number of nitrogens with two attached hydrogens (primary N) is 1. The molecule has 0 aliphatic carbocycles. The molecule has 0 amide bonds. The van der Waals surface area contributed by atoms with Crippen molar-refractivity contribution in [2.24, 2.45) is 5.73 Å². The molecule has 68 valence electrons. The van der Waals surface area contributed by atoms with Crippen molar-refractivity contribution in [3.63, 3.8) is 0 Å². The Balaban J connectivity index is 2.41. The number of aromatic nitrogens is 2. The van der Waals surface area contributed by atoms with Crippen molar-refractivity contribution in [2.45, 2.75) is 19.8 Å². The molecule has 0 atom stereocenters. The van der Waals surface area contributed by atoms with E-state index in [1.807, 2.05) is 0 Å². The number of nitrogens with zero attached hydrogens (tertiary/aromatic N) is 2. The van der Waals surface area contributed by atoms with Crippen LogP contribution in [0.15, 0.2) is 0 Å². The summed E-state index contributed by atoms with van der Waals surface area (Å²) in [5.41, 5.74) is 5.27. The number of hydrogen-bond donors (Lipinski definition) is 1. The van der Waals surface area contributed by atoms with Gasteiger partial charge in [0, 0.05) is 24.5 Å². The van der Waals surface area contributed by atoms with E-state index in [0.717, 1.165) is 18.7 Å². The zero-order valence-corrected chi connectivity index (χ0v) is 7.93. The van der Waals surface area contributed by atoms with Crippen molar-refractivity contribution >= 4 is 11.5 Å². The Labute approximate surface area is 75.9 Å². The molecule has 0 spiro atoms. The Kier molecular flexibility index (Phi) is 3.96. The Morgan fingerprint density at radius 1 is 1.58 bits per heavy atom. The Bertz CT molecular complexity index is 226. The molecule has 0 aliphatic rings. The third-order valence-corrected chi connectivity index (χ3v) is 1.93. The highest BCUT2D eigenvalue weighted by molar-refractivity contribution is 7.07. The van der Waals surface area contributed by atoms with Crippen molar-refractivity contribution < 1.29 is 4.74 Å². The van der Waals surface area contributed by atoms with Crippen LogP contribution < -0.4 is 10.5 Å². The van der Waals surface area contributed by atoms with Gasteiger partial charge in [0.25, 0.3) is 5.19 Å². The molecule has 1 aromatic rings. The number of aryl methyl sites for hydroxylation is 1. The molecule has 1 heterocycles. The van der Waals surface area contributed by atoms with E-state index in [4.69, 9.17) is 10.5 Å². The summed E-state index contributed by atoms with van der Waals surface area (Å²) in [4.78, 5) is 4.17. The summed E-state index contributed by atoms with van der Waals surface area (Å²) < 4.78 is 9.33. The Morgan fingerprint density at radius 3 is 3.08 bits per heavy atom. The normalized spacial score (nSPS) is 10.2. The molecule has 0 bridgehead atoms. The second-order valence-electron chi connectivity index (χ2n) is 2.36. The molecule has 1 aromatic heterocycles. The Morgan fingerprint density at radius 2 is 2.42 bits per heavy atom. The number of hydrogen-bond acceptors (Lipinski definition) is 5. The van der Waals surface area contributed by atoms with Crippen molar-refractivity contribution in [1.82, 2.24) is 9.36 Å². The van der Waals surface area contributed by atoms with Crippen LogP contribution in [0.5, 0.6) is 5.19 Å². The van der Waals surface area contributed by atoms with Crippen molar-refractivity contribution in [1.29, 1.82) is 0 Å². The summed E-state index contributed by atoms with van der Waals surface area (Å²) in [5.74, 6) is 0.870. The van der Waals surface area contributed by atoms with Gasteiger partial charge in [-0.3, -0.25) is 0 Å². The van der Waals surface area contributed by atoms with Crippen molar-refractivity contribution in [3.8, 4) is 5.19 Å². The first kappa shape index (κ1) is 9.41. The SMILES string of the molecule is CCCc1nsc(OCCN)n1. The molecule has 2 N–H and O–H groups in total. The molecule has 0 aliphatic heterocycles. The van der Waals surface area contributed by atoms with Gasteiger partial charge in [-0.25, -0.2) is 0 Å². The average molecular weight is 187 g/mol. The molecule has 0 saturated carbocycles. The second kappa shape index (κ2) is 5.05. The van der Waals surface area contributed by atoms with E-state index in [0.29, 0.717) is 18.3 Å². The van der Waals surface area contributed by atoms with Gasteiger partial charge in [-0.2, -0.15) is 9.36 Å². The van der Waals surface area contributed by atoms with Gasteiger partial charge in [-0.1, -0.05) is 6.92 Å². The maximum atomic E-state index is 5.27. The maximum absolute atomic E-state index is 5.27. The predicted molar refractivity (Wildman–Crippen MR) is 48.5 cm³/mol. The van der Waals surface area contributed by atoms with E-state index in [-0.39, 0.29) is 0 Å². The van der Waals surface area contributed by atoms with Gasteiger partial charge >= 0.3 is 0 Å². The highest BCUT2D eigenvalue weighted by Crippen LogP contribution is 2.14. The lowest BCUT2D eigenvalue weighted by molar-refractivity contribution is 0.326. The van der Waals surface area contributed by atoms with Crippen LogP contribution in [0.25, 0.3) is 0 Å². The lowest BCUT2D eigenvalue weighted by atomic mass is 10.3. The van der Waals surface area contributed by atoms with E-state index >= 15 is 0 Å². The molecule has 1 rings (SSSR count). The highest BCUT2D eigenvalue weighted by atomic mass is 32.1. The smallest absolute Gasteiger partial charge is 0.293 e. The summed E-state index contributed by atoms with van der Waals surface area (Å²) in [6, 6.07) is 0. The third-order valence-electron chi connectivity index (χ3n) is 1.27. The molecule has 0 unspecified atom stereocenters. The summed E-state index contributed by atoms with van der Waals surface area (Å²) in [5, 5.41) is 0.629. The largest absolute Gasteiger partial charge is 0.468 e. The molecule has 4 nitrogen and oxygen atoms in total. The van der Waals surface area contributed by atoms with Gasteiger partial charge in [0.05, 0.1) is 0 Å².